The number of hydrogen-bond donors (Lipinski definition) is 1. The summed E-state index contributed by atoms with van der Waals surface area (Å²) in [7, 11) is -0.498. The van der Waals surface area contributed by atoms with E-state index in [0.717, 1.165) is 12.3 Å². The standard InChI is InChI=1S/C21H20F3N5O2S/c1-4-32(30,31)17-9-13(15-7-5-6-8-25-15)11-26-18(17)20-28(2)16-10-14(21(22,23)24)12-27-19(16)29(20)3/h5-12,26H,4H2,1-3H3. The van der Waals surface area contributed by atoms with E-state index in [1.807, 2.05) is 0 Å². The Labute approximate surface area is 183 Å². The fraction of sp³-hybridized carbons (Fsp3) is 0.238. The molecule has 0 atom stereocenters. The fourth-order valence-electron chi connectivity index (χ4n) is 3.61. The summed E-state index contributed by atoms with van der Waals surface area (Å²) in [6, 6.07) is 6.30. The topological polar surface area (TPSA) is 78.4 Å². The van der Waals surface area contributed by atoms with Gasteiger partial charge in [-0.3, -0.25) is 4.98 Å². The fourth-order valence-corrected chi connectivity index (χ4v) is 4.69. The van der Waals surface area contributed by atoms with E-state index in [-0.39, 0.29) is 27.9 Å². The number of sulfone groups is 1. The lowest BCUT2D eigenvalue weighted by Crippen LogP contribution is -2.31. The molecule has 11 heteroatoms. The highest BCUT2D eigenvalue weighted by atomic mass is 32.2. The molecule has 0 aliphatic carbocycles. The van der Waals surface area contributed by atoms with Crippen molar-refractivity contribution in [2.75, 3.05) is 29.6 Å². The first-order chi connectivity index (χ1) is 15.0. The molecule has 0 saturated carbocycles. The summed E-state index contributed by atoms with van der Waals surface area (Å²) in [4.78, 5) is 11.3. The van der Waals surface area contributed by atoms with Crippen LogP contribution >= 0.6 is 0 Å². The molecule has 0 unspecified atom stereocenters. The number of allylic oxidation sites excluding steroid dienone is 2. The number of nitrogens with zero attached hydrogens (tertiary/aromatic N) is 4. The number of nitrogens with one attached hydrogen (secondary N) is 1. The Morgan fingerprint density at radius 2 is 1.88 bits per heavy atom. The van der Waals surface area contributed by atoms with Crippen LogP contribution in [0.15, 0.2) is 65.4 Å². The molecule has 0 amide bonds. The van der Waals surface area contributed by atoms with Crippen LogP contribution in [-0.2, 0) is 16.0 Å². The van der Waals surface area contributed by atoms with Crippen molar-refractivity contribution in [1.82, 2.24) is 15.3 Å². The quantitative estimate of drug-likeness (QED) is 0.746. The largest absolute Gasteiger partial charge is 0.417 e. The van der Waals surface area contributed by atoms with Crippen molar-refractivity contribution in [2.45, 2.75) is 13.1 Å². The van der Waals surface area contributed by atoms with Gasteiger partial charge in [0, 0.05) is 38.3 Å². The van der Waals surface area contributed by atoms with E-state index >= 15 is 0 Å². The molecule has 7 nitrogen and oxygen atoms in total. The maximum atomic E-state index is 13.2. The first kappa shape index (κ1) is 21.9. The van der Waals surface area contributed by atoms with Crippen molar-refractivity contribution < 1.29 is 21.6 Å². The average Bonchev–Trinajstić information content (AvgIpc) is 3.03. The second kappa shape index (κ2) is 7.66. The van der Waals surface area contributed by atoms with Crippen LogP contribution in [0.25, 0.3) is 5.57 Å². The molecular formula is C21H20F3N5O2S. The number of aromatic nitrogens is 2. The third-order valence-corrected chi connectivity index (χ3v) is 7.05. The van der Waals surface area contributed by atoms with E-state index in [9.17, 15) is 21.6 Å². The van der Waals surface area contributed by atoms with Gasteiger partial charge in [0.15, 0.2) is 15.7 Å². The maximum absolute atomic E-state index is 13.2. The molecule has 2 aliphatic rings. The van der Waals surface area contributed by atoms with Crippen LogP contribution in [0.1, 0.15) is 18.2 Å². The lowest BCUT2D eigenvalue weighted by atomic mass is 10.1. The van der Waals surface area contributed by atoms with Gasteiger partial charge >= 0.3 is 6.18 Å². The molecule has 2 aliphatic heterocycles. The van der Waals surface area contributed by atoms with Gasteiger partial charge < -0.3 is 15.1 Å². The summed E-state index contributed by atoms with van der Waals surface area (Å²) in [5.74, 6) is 0.507. The van der Waals surface area contributed by atoms with Gasteiger partial charge in [0.05, 0.1) is 33.3 Å². The second-order valence-corrected chi connectivity index (χ2v) is 9.50. The zero-order chi connectivity index (χ0) is 23.3. The molecule has 0 spiro atoms. The Bertz CT molecular complexity index is 1270. The zero-order valence-electron chi connectivity index (χ0n) is 17.5. The minimum Gasteiger partial charge on any atom is -0.357 e. The van der Waals surface area contributed by atoms with Crippen molar-refractivity contribution in [3.63, 3.8) is 0 Å². The molecule has 2 aromatic heterocycles. The average molecular weight is 463 g/mol. The van der Waals surface area contributed by atoms with Crippen LogP contribution in [0.2, 0.25) is 0 Å². The van der Waals surface area contributed by atoms with Crippen molar-refractivity contribution in [1.29, 1.82) is 0 Å². The van der Waals surface area contributed by atoms with Crippen LogP contribution in [0.5, 0.6) is 0 Å². The molecule has 0 bridgehead atoms. The van der Waals surface area contributed by atoms with E-state index in [2.05, 4.69) is 15.3 Å². The van der Waals surface area contributed by atoms with Crippen molar-refractivity contribution in [2.24, 2.45) is 0 Å². The van der Waals surface area contributed by atoms with Crippen molar-refractivity contribution in [3.8, 4) is 0 Å². The lowest BCUT2D eigenvalue weighted by Gasteiger charge is -2.26. The van der Waals surface area contributed by atoms with Gasteiger partial charge in [0.1, 0.15) is 5.82 Å². The SMILES string of the molecule is CCS(=O)(=O)C1=CC(c2ccccn2)=CNC1=C1N(C)c2cc(C(F)(F)F)cnc2N1C. The van der Waals surface area contributed by atoms with Crippen molar-refractivity contribution in [3.05, 3.63) is 76.6 Å². The first-order valence-corrected chi connectivity index (χ1v) is 11.3. The lowest BCUT2D eigenvalue weighted by molar-refractivity contribution is -0.137. The van der Waals surface area contributed by atoms with Crippen LogP contribution < -0.4 is 15.1 Å². The molecule has 0 radical (unpaired) electrons. The number of alkyl halides is 3. The number of halogens is 3. The van der Waals surface area contributed by atoms with Gasteiger partial charge in [-0.25, -0.2) is 13.4 Å². The van der Waals surface area contributed by atoms with E-state index in [0.29, 0.717) is 17.1 Å². The Hall–Kier alpha value is -3.34. The van der Waals surface area contributed by atoms with Gasteiger partial charge in [-0.15, -0.1) is 0 Å². The van der Waals surface area contributed by atoms with Crippen LogP contribution in [0.4, 0.5) is 24.7 Å². The Morgan fingerprint density at radius 3 is 2.50 bits per heavy atom. The van der Waals surface area contributed by atoms with Gasteiger partial charge in [0.25, 0.3) is 0 Å². The molecule has 168 valence electrons. The number of fused-ring (bicyclic) bond motifs is 1. The second-order valence-electron chi connectivity index (χ2n) is 7.25. The van der Waals surface area contributed by atoms with Crippen LogP contribution in [-0.4, -0.2) is 38.2 Å². The summed E-state index contributed by atoms with van der Waals surface area (Å²) in [6.07, 6.45) is 0.976. The van der Waals surface area contributed by atoms with E-state index in [4.69, 9.17) is 0 Å². The summed E-state index contributed by atoms with van der Waals surface area (Å²) in [6.45, 7) is 1.53. The number of anilines is 2. The first-order valence-electron chi connectivity index (χ1n) is 9.66. The van der Waals surface area contributed by atoms with Crippen LogP contribution in [0, 0.1) is 0 Å². The van der Waals surface area contributed by atoms with Crippen molar-refractivity contribution >= 4 is 26.9 Å². The summed E-state index contributed by atoms with van der Waals surface area (Å²) >= 11 is 0. The molecule has 32 heavy (non-hydrogen) atoms. The number of hydrogen-bond acceptors (Lipinski definition) is 7. The van der Waals surface area contributed by atoms with E-state index in [1.165, 1.54) is 17.9 Å². The molecule has 4 rings (SSSR count). The Balaban J connectivity index is 1.86. The smallest absolute Gasteiger partial charge is 0.357 e. The molecular weight excluding hydrogens is 443 g/mol. The molecule has 2 aromatic rings. The van der Waals surface area contributed by atoms with Gasteiger partial charge in [0.2, 0.25) is 0 Å². The minimum atomic E-state index is -4.54. The number of dihydropyridines is 1. The predicted octanol–water partition coefficient (Wildman–Crippen LogP) is 3.51. The normalized spacial score (nSPS) is 18.8. The number of rotatable bonds is 3. The third-order valence-electron chi connectivity index (χ3n) is 5.29. The maximum Gasteiger partial charge on any atom is 0.417 e. The minimum absolute atomic E-state index is 0.0284. The van der Waals surface area contributed by atoms with Gasteiger partial charge in [-0.2, -0.15) is 13.2 Å². The molecule has 0 fully saturated rings. The monoisotopic (exact) mass is 463 g/mol. The molecule has 0 saturated heterocycles. The molecule has 1 N–H and O–H groups in total. The highest BCUT2D eigenvalue weighted by Crippen LogP contribution is 2.43. The highest BCUT2D eigenvalue weighted by Gasteiger charge is 2.38. The number of pyridine rings is 2. The molecule has 4 heterocycles. The Morgan fingerprint density at radius 1 is 1.12 bits per heavy atom. The predicted molar refractivity (Wildman–Crippen MR) is 116 cm³/mol. The Kier molecular flexibility index (Phi) is 5.24. The van der Waals surface area contributed by atoms with Crippen LogP contribution in [0.3, 0.4) is 0 Å². The highest BCUT2D eigenvalue weighted by molar-refractivity contribution is 7.95. The summed E-state index contributed by atoms with van der Waals surface area (Å²) in [5.41, 5.74) is 0.747. The van der Waals surface area contributed by atoms with E-state index in [1.54, 1.807) is 49.6 Å². The van der Waals surface area contributed by atoms with Gasteiger partial charge in [-0.05, 0) is 24.3 Å². The van der Waals surface area contributed by atoms with Gasteiger partial charge in [-0.1, -0.05) is 13.0 Å². The molecule has 0 aromatic carbocycles. The summed E-state index contributed by atoms with van der Waals surface area (Å²) < 4.78 is 65.6. The third kappa shape index (κ3) is 3.62. The summed E-state index contributed by atoms with van der Waals surface area (Å²) in [5, 5.41) is 3.04. The van der Waals surface area contributed by atoms with E-state index < -0.39 is 21.6 Å². The zero-order valence-corrected chi connectivity index (χ0v) is 18.3.